The van der Waals surface area contributed by atoms with Gasteiger partial charge in [-0.15, -0.1) is 0 Å². The summed E-state index contributed by atoms with van der Waals surface area (Å²) >= 11 is 0. The molecule has 0 radical (unpaired) electrons. The highest BCUT2D eigenvalue weighted by Gasteiger charge is 2.35. The molecular formula is C20H32N3O4-. The minimum atomic E-state index is -0.911. The largest absolute Gasteiger partial charge is 0.762 e. The lowest BCUT2D eigenvalue weighted by Crippen LogP contribution is -2.55. The molecule has 0 fully saturated rings. The average molecular weight is 378 g/mol. The number of carbonyl (C=O) groups excluding carboxylic acids is 2. The number of likely N-dealkylation sites (N-methyl/N-ethyl adjacent to an activating group) is 1. The van der Waals surface area contributed by atoms with Crippen LogP contribution in [0.2, 0.25) is 0 Å². The topological polar surface area (TPSA) is 105 Å². The first-order valence-electron chi connectivity index (χ1n) is 9.29. The molecule has 0 heterocycles. The van der Waals surface area contributed by atoms with Gasteiger partial charge in [-0.05, 0) is 37.2 Å². The Bertz CT molecular complexity index is 599. The number of nitrogens with zero attached hydrogens (tertiary/aromatic N) is 1. The van der Waals surface area contributed by atoms with Gasteiger partial charge in [-0.2, -0.15) is 0 Å². The first-order valence-corrected chi connectivity index (χ1v) is 9.29. The molecular weight excluding hydrogens is 346 g/mol. The maximum atomic E-state index is 12.8. The summed E-state index contributed by atoms with van der Waals surface area (Å²) in [4.78, 5) is 25.0. The standard InChI is InChI=1S/C20H32N3O4/c1-14(23(26)27)16(13-9-12-15-10-7-6-8-11-15)18(24)22-17(19(25)21-5)20(2,3)4/h6-8,10-11,14,16-17,26H,9,12-13H2,1-5H3,(H,21,25)(H,22,24)/q-1/t14-,16+,17+/m0/s1. The van der Waals surface area contributed by atoms with Crippen molar-refractivity contribution in [1.82, 2.24) is 15.9 Å². The molecule has 0 saturated heterocycles. The smallest absolute Gasteiger partial charge is 0.242 e. The third-order valence-corrected chi connectivity index (χ3v) is 4.75. The predicted octanol–water partition coefficient (Wildman–Crippen LogP) is 2.48. The fourth-order valence-corrected chi connectivity index (χ4v) is 2.99. The molecule has 0 saturated carbocycles. The predicted molar refractivity (Wildman–Crippen MR) is 105 cm³/mol. The van der Waals surface area contributed by atoms with Gasteiger partial charge in [0.2, 0.25) is 11.8 Å². The second-order valence-corrected chi connectivity index (χ2v) is 7.95. The van der Waals surface area contributed by atoms with Crippen LogP contribution in [-0.2, 0) is 16.0 Å². The minimum Gasteiger partial charge on any atom is -0.762 e. The summed E-state index contributed by atoms with van der Waals surface area (Å²) in [6.45, 7) is 7.07. The average Bonchev–Trinajstić information content (AvgIpc) is 2.61. The van der Waals surface area contributed by atoms with Crippen molar-refractivity contribution in [3.63, 3.8) is 0 Å². The number of amides is 2. The van der Waals surface area contributed by atoms with Crippen LogP contribution in [0.3, 0.4) is 0 Å². The fraction of sp³-hybridized carbons (Fsp3) is 0.600. The number of nitrogens with one attached hydrogen (secondary N) is 2. The number of hydroxylamine groups is 2. The lowest BCUT2D eigenvalue weighted by molar-refractivity contribution is -0.140. The van der Waals surface area contributed by atoms with Crippen molar-refractivity contribution in [2.75, 3.05) is 7.05 Å². The van der Waals surface area contributed by atoms with Gasteiger partial charge in [-0.3, -0.25) is 14.8 Å². The summed E-state index contributed by atoms with van der Waals surface area (Å²) in [5, 5.41) is 25.9. The highest BCUT2D eigenvalue weighted by atomic mass is 16.8. The van der Waals surface area contributed by atoms with Crippen LogP contribution in [-0.4, -0.2) is 41.4 Å². The molecule has 2 amide bonds. The number of hydrogen-bond acceptors (Lipinski definition) is 5. The number of carbonyl (C=O) groups is 2. The van der Waals surface area contributed by atoms with E-state index in [1.165, 1.54) is 14.0 Å². The molecule has 0 aromatic heterocycles. The van der Waals surface area contributed by atoms with Gasteiger partial charge >= 0.3 is 0 Å². The van der Waals surface area contributed by atoms with E-state index in [2.05, 4.69) is 10.6 Å². The molecule has 0 aliphatic carbocycles. The Balaban J connectivity index is 2.84. The summed E-state index contributed by atoms with van der Waals surface area (Å²) in [6, 6.07) is 8.20. The van der Waals surface area contributed by atoms with Crippen molar-refractivity contribution in [1.29, 1.82) is 0 Å². The second kappa shape index (κ2) is 10.4. The van der Waals surface area contributed by atoms with Crippen LogP contribution in [0.25, 0.3) is 0 Å². The molecule has 0 bridgehead atoms. The van der Waals surface area contributed by atoms with Crippen molar-refractivity contribution in [2.24, 2.45) is 11.3 Å². The van der Waals surface area contributed by atoms with E-state index >= 15 is 0 Å². The first-order chi connectivity index (χ1) is 12.6. The molecule has 7 nitrogen and oxygen atoms in total. The molecule has 1 aromatic carbocycles. The number of hydrogen-bond donors (Lipinski definition) is 3. The molecule has 0 aliphatic rings. The summed E-state index contributed by atoms with van der Waals surface area (Å²) in [5.74, 6) is -1.44. The fourth-order valence-electron chi connectivity index (χ4n) is 2.99. The highest BCUT2D eigenvalue weighted by molar-refractivity contribution is 5.89. The van der Waals surface area contributed by atoms with Crippen molar-refractivity contribution in [3.8, 4) is 0 Å². The van der Waals surface area contributed by atoms with E-state index in [4.69, 9.17) is 0 Å². The van der Waals surface area contributed by atoms with Gasteiger partial charge in [0.25, 0.3) is 0 Å². The molecule has 3 atom stereocenters. The van der Waals surface area contributed by atoms with E-state index in [0.29, 0.717) is 12.8 Å². The number of aryl methyl sites for hydroxylation is 1. The van der Waals surface area contributed by atoms with Crippen LogP contribution in [0.1, 0.15) is 46.1 Å². The lowest BCUT2D eigenvalue weighted by atomic mass is 9.85. The van der Waals surface area contributed by atoms with Gasteiger partial charge in [0.05, 0.1) is 5.92 Å². The highest BCUT2D eigenvalue weighted by Crippen LogP contribution is 2.22. The zero-order chi connectivity index (χ0) is 20.6. The van der Waals surface area contributed by atoms with E-state index in [1.54, 1.807) is 0 Å². The van der Waals surface area contributed by atoms with E-state index in [-0.39, 0.29) is 11.1 Å². The molecule has 0 unspecified atom stereocenters. The van der Waals surface area contributed by atoms with E-state index < -0.39 is 29.3 Å². The number of benzene rings is 1. The molecule has 0 aliphatic heterocycles. The van der Waals surface area contributed by atoms with Gasteiger partial charge in [-0.1, -0.05) is 51.1 Å². The number of rotatable bonds is 9. The Labute approximate surface area is 161 Å². The molecule has 1 rings (SSSR count). The Morgan fingerprint density at radius 2 is 1.78 bits per heavy atom. The molecule has 27 heavy (non-hydrogen) atoms. The zero-order valence-corrected chi connectivity index (χ0v) is 16.9. The third kappa shape index (κ3) is 7.28. The van der Waals surface area contributed by atoms with Gasteiger partial charge in [0, 0.05) is 13.1 Å². The van der Waals surface area contributed by atoms with Crippen LogP contribution >= 0.6 is 0 Å². The summed E-state index contributed by atoms with van der Waals surface area (Å²) in [5.41, 5.74) is 0.648. The SMILES string of the molecule is CNC(=O)[C@@H](NC(=O)[C@H](CCCc1ccccc1)[C@H](C)N([O-])O)C(C)(C)C. The molecule has 3 N–H and O–H groups in total. The summed E-state index contributed by atoms with van der Waals surface area (Å²) < 4.78 is 0. The van der Waals surface area contributed by atoms with Gasteiger partial charge < -0.3 is 21.0 Å². The minimum absolute atomic E-state index is 0.182. The van der Waals surface area contributed by atoms with Crippen LogP contribution in [0.15, 0.2) is 30.3 Å². The monoisotopic (exact) mass is 378 g/mol. The Morgan fingerprint density at radius 3 is 2.26 bits per heavy atom. The molecule has 0 spiro atoms. The quantitative estimate of drug-likeness (QED) is 0.573. The van der Waals surface area contributed by atoms with Crippen molar-refractivity contribution in [3.05, 3.63) is 41.1 Å². The maximum absolute atomic E-state index is 12.8. The van der Waals surface area contributed by atoms with Gasteiger partial charge in [0.1, 0.15) is 6.04 Å². The Morgan fingerprint density at radius 1 is 1.19 bits per heavy atom. The van der Waals surface area contributed by atoms with Crippen molar-refractivity contribution >= 4 is 11.8 Å². The second-order valence-electron chi connectivity index (χ2n) is 7.95. The molecule has 1 aromatic rings. The van der Waals surface area contributed by atoms with Gasteiger partial charge in [-0.25, -0.2) is 0 Å². The van der Waals surface area contributed by atoms with Crippen LogP contribution in [0, 0.1) is 16.5 Å². The van der Waals surface area contributed by atoms with E-state index in [1.807, 2.05) is 51.1 Å². The summed E-state index contributed by atoms with van der Waals surface area (Å²) in [6.07, 6.45) is 1.87. The van der Waals surface area contributed by atoms with Crippen molar-refractivity contribution in [2.45, 2.75) is 59.0 Å². The third-order valence-electron chi connectivity index (χ3n) is 4.75. The first kappa shape index (κ1) is 23.1. The van der Waals surface area contributed by atoms with Crippen LogP contribution in [0.5, 0.6) is 0 Å². The Hall–Kier alpha value is -1.96. The summed E-state index contributed by atoms with van der Waals surface area (Å²) in [7, 11) is 1.51. The van der Waals surface area contributed by atoms with E-state index in [9.17, 15) is 20.0 Å². The normalized spacial score (nSPS) is 15.1. The maximum Gasteiger partial charge on any atom is 0.242 e. The molecule has 152 valence electrons. The lowest BCUT2D eigenvalue weighted by Gasteiger charge is -2.36. The Kier molecular flexibility index (Phi) is 8.88. The van der Waals surface area contributed by atoms with Crippen LogP contribution < -0.4 is 10.6 Å². The van der Waals surface area contributed by atoms with Crippen molar-refractivity contribution < 1.29 is 14.8 Å². The van der Waals surface area contributed by atoms with E-state index in [0.717, 1.165) is 12.0 Å². The zero-order valence-electron chi connectivity index (χ0n) is 16.9. The molecule has 7 heteroatoms. The van der Waals surface area contributed by atoms with Crippen LogP contribution in [0.4, 0.5) is 0 Å². The van der Waals surface area contributed by atoms with Gasteiger partial charge in [0.15, 0.2) is 0 Å².